The summed E-state index contributed by atoms with van der Waals surface area (Å²) in [6.45, 7) is 5.20. The summed E-state index contributed by atoms with van der Waals surface area (Å²) in [5, 5.41) is 3.01. The van der Waals surface area contributed by atoms with Crippen molar-refractivity contribution < 1.29 is 4.79 Å². The Labute approximate surface area is 117 Å². The zero-order valence-electron chi connectivity index (χ0n) is 10.7. The number of carbonyl (C=O) groups excluding carboxylic acids is 1. The van der Waals surface area contributed by atoms with Crippen LogP contribution in [0.2, 0.25) is 0 Å². The Morgan fingerprint density at radius 1 is 1.39 bits per heavy atom. The maximum Gasteiger partial charge on any atom is 0.252 e. The summed E-state index contributed by atoms with van der Waals surface area (Å²) >= 11 is 3.40. The minimum Gasteiger partial charge on any atom is -0.350 e. The fraction of sp³-hybridized carbons (Fsp3) is 0.500. The first-order valence-corrected chi connectivity index (χ1v) is 7.24. The first-order valence-electron chi connectivity index (χ1n) is 6.45. The van der Waals surface area contributed by atoms with Gasteiger partial charge in [0.25, 0.3) is 5.91 Å². The average molecular weight is 311 g/mol. The fourth-order valence-electron chi connectivity index (χ4n) is 2.29. The highest BCUT2D eigenvalue weighted by Crippen LogP contribution is 2.16. The van der Waals surface area contributed by atoms with E-state index in [0.717, 1.165) is 17.6 Å². The Bertz CT molecular complexity index is 416. The molecule has 1 aliphatic rings. The monoisotopic (exact) mass is 310 g/mol. The maximum absolute atomic E-state index is 12.0. The first-order chi connectivity index (χ1) is 8.68. The van der Waals surface area contributed by atoms with Crippen molar-refractivity contribution in [1.29, 1.82) is 0 Å². The molecule has 0 spiro atoms. The lowest BCUT2D eigenvalue weighted by Crippen LogP contribution is -2.40. The summed E-state index contributed by atoms with van der Waals surface area (Å²) in [5.74, 6) is -0.00600. The second-order valence-corrected chi connectivity index (χ2v) is 5.64. The van der Waals surface area contributed by atoms with Crippen LogP contribution in [-0.4, -0.2) is 36.5 Å². The number of nitrogens with one attached hydrogen (secondary N) is 1. The molecule has 2 rings (SSSR count). The highest BCUT2D eigenvalue weighted by atomic mass is 79.9. The minimum absolute atomic E-state index is 0.00600. The number of nitrogens with zero attached hydrogens (tertiary/aromatic N) is 1. The summed E-state index contributed by atoms with van der Waals surface area (Å²) in [5.41, 5.74) is 0.700. The standard InChI is InChI=1S/C14H19BrN2O/c1-11(17-8-4-5-9-17)10-16-14(18)12-6-2-3-7-13(12)15/h2-3,6-7,11H,4-5,8-10H2,1H3,(H,16,18)/t11-/m0/s1. The van der Waals surface area contributed by atoms with Crippen molar-refractivity contribution in [1.82, 2.24) is 10.2 Å². The number of hydrogen-bond donors (Lipinski definition) is 1. The molecule has 1 fully saturated rings. The number of carbonyl (C=O) groups is 1. The molecule has 0 radical (unpaired) electrons. The van der Waals surface area contributed by atoms with Gasteiger partial charge in [0.2, 0.25) is 0 Å². The topological polar surface area (TPSA) is 32.3 Å². The summed E-state index contributed by atoms with van der Waals surface area (Å²) < 4.78 is 0.844. The Kier molecular flexibility index (Phi) is 4.78. The van der Waals surface area contributed by atoms with Crippen LogP contribution in [-0.2, 0) is 0 Å². The summed E-state index contributed by atoms with van der Waals surface area (Å²) in [6.07, 6.45) is 2.56. The van der Waals surface area contributed by atoms with E-state index in [1.165, 1.54) is 12.8 Å². The van der Waals surface area contributed by atoms with Gasteiger partial charge in [-0.3, -0.25) is 9.69 Å². The number of rotatable bonds is 4. The molecular weight excluding hydrogens is 292 g/mol. The molecule has 0 unspecified atom stereocenters. The average Bonchev–Trinajstić information content (AvgIpc) is 2.90. The van der Waals surface area contributed by atoms with E-state index in [4.69, 9.17) is 0 Å². The van der Waals surface area contributed by atoms with Crippen LogP contribution < -0.4 is 5.32 Å². The SMILES string of the molecule is C[C@@H](CNC(=O)c1ccccc1Br)N1CCCC1. The van der Waals surface area contributed by atoms with Crippen molar-refractivity contribution in [3.8, 4) is 0 Å². The Balaban J connectivity index is 1.86. The van der Waals surface area contributed by atoms with E-state index in [9.17, 15) is 4.79 Å². The molecule has 0 aromatic heterocycles. The molecule has 98 valence electrons. The van der Waals surface area contributed by atoms with Gasteiger partial charge < -0.3 is 5.32 Å². The molecule has 18 heavy (non-hydrogen) atoms. The van der Waals surface area contributed by atoms with Gasteiger partial charge in [0, 0.05) is 17.1 Å². The molecule has 1 N–H and O–H groups in total. The van der Waals surface area contributed by atoms with Crippen molar-refractivity contribution in [2.45, 2.75) is 25.8 Å². The molecule has 1 aliphatic heterocycles. The van der Waals surface area contributed by atoms with Crippen molar-refractivity contribution in [2.75, 3.05) is 19.6 Å². The molecule has 0 saturated carbocycles. The summed E-state index contributed by atoms with van der Waals surface area (Å²) in [4.78, 5) is 14.5. The van der Waals surface area contributed by atoms with Crippen LogP contribution in [0, 0.1) is 0 Å². The first kappa shape index (κ1) is 13.6. The van der Waals surface area contributed by atoms with Crippen LogP contribution in [0.25, 0.3) is 0 Å². The lowest BCUT2D eigenvalue weighted by Gasteiger charge is -2.23. The molecule has 1 aromatic carbocycles. The lowest BCUT2D eigenvalue weighted by atomic mass is 10.2. The third-order valence-electron chi connectivity index (χ3n) is 3.44. The summed E-state index contributed by atoms with van der Waals surface area (Å²) in [6, 6.07) is 7.93. The molecular formula is C14H19BrN2O. The molecule has 1 amide bonds. The Morgan fingerprint density at radius 3 is 2.72 bits per heavy atom. The van der Waals surface area contributed by atoms with Gasteiger partial charge in [0.05, 0.1) is 5.56 Å². The van der Waals surface area contributed by atoms with Crippen LogP contribution in [0.15, 0.2) is 28.7 Å². The van der Waals surface area contributed by atoms with Crippen LogP contribution in [0.4, 0.5) is 0 Å². The normalized spacial score (nSPS) is 17.7. The number of likely N-dealkylation sites (tertiary alicyclic amines) is 1. The highest BCUT2D eigenvalue weighted by Gasteiger charge is 2.18. The zero-order valence-corrected chi connectivity index (χ0v) is 12.2. The Morgan fingerprint density at radius 2 is 2.06 bits per heavy atom. The van der Waals surface area contributed by atoms with Crippen molar-refractivity contribution in [3.63, 3.8) is 0 Å². The van der Waals surface area contributed by atoms with Crippen molar-refractivity contribution >= 4 is 21.8 Å². The Hall–Kier alpha value is -0.870. The van der Waals surface area contributed by atoms with Gasteiger partial charge in [-0.2, -0.15) is 0 Å². The molecule has 4 heteroatoms. The largest absolute Gasteiger partial charge is 0.350 e. The highest BCUT2D eigenvalue weighted by molar-refractivity contribution is 9.10. The predicted octanol–water partition coefficient (Wildman–Crippen LogP) is 2.66. The van der Waals surface area contributed by atoms with Crippen molar-refractivity contribution in [2.24, 2.45) is 0 Å². The van der Waals surface area contributed by atoms with E-state index in [0.29, 0.717) is 18.2 Å². The zero-order chi connectivity index (χ0) is 13.0. The lowest BCUT2D eigenvalue weighted by molar-refractivity contribution is 0.0939. The second kappa shape index (κ2) is 6.34. The van der Waals surface area contributed by atoms with E-state index >= 15 is 0 Å². The van der Waals surface area contributed by atoms with Gasteiger partial charge in [-0.1, -0.05) is 12.1 Å². The number of hydrogen-bond acceptors (Lipinski definition) is 2. The molecule has 0 bridgehead atoms. The summed E-state index contributed by atoms with van der Waals surface area (Å²) in [7, 11) is 0. The quantitative estimate of drug-likeness (QED) is 0.927. The van der Waals surface area contributed by atoms with Crippen molar-refractivity contribution in [3.05, 3.63) is 34.3 Å². The van der Waals surface area contributed by atoms with Crippen LogP contribution >= 0.6 is 15.9 Å². The molecule has 1 heterocycles. The van der Waals surface area contributed by atoms with Gasteiger partial charge in [-0.05, 0) is 60.9 Å². The predicted molar refractivity (Wildman–Crippen MR) is 76.7 cm³/mol. The molecule has 1 atom stereocenters. The van der Waals surface area contributed by atoms with Gasteiger partial charge >= 0.3 is 0 Å². The number of benzene rings is 1. The van der Waals surface area contributed by atoms with Gasteiger partial charge in [0.1, 0.15) is 0 Å². The third kappa shape index (κ3) is 3.33. The van der Waals surface area contributed by atoms with E-state index < -0.39 is 0 Å². The van der Waals surface area contributed by atoms with Crippen LogP contribution in [0.1, 0.15) is 30.1 Å². The third-order valence-corrected chi connectivity index (χ3v) is 4.13. The fourth-order valence-corrected chi connectivity index (χ4v) is 2.76. The van der Waals surface area contributed by atoms with Crippen LogP contribution in [0.5, 0.6) is 0 Å². The van der Waals surface area contributed by atoms with Gasteiger partial charge in [-0.25, -0.2) is 0 Å². The molecule has 3 nitrogen and oxygen atoms in total. The van der Waals surface area contributed by atoms with E-state index in [1.807, 2.05) is 24.3 Å². The van der Waals surface area contributed by atoms with Gasteiger partial charge in [0.15, 0.2) is 0 Å². The second-order valence-electron chi connectivity index (χ2n) is 4.78. The molecule has 0 aliphatic carbocycles. The van der Waals surface area contributed by atoms with Gasteiger partial charge in [-0.15, -0.1) is 0 Å². The molecule has 1 aromatic rings. The minimum atomic E-state index is -0.00600. The molecule has 1 saturated heterocycles. The number of amides is 1. The van der Waals surface area contributed by atoms with E-state index in [2.05, 4.69) is 33.1 Å². The van der Waals surface area contributed by atoms with Crippen LogP contribution in [0.3, 0.4) is 0 Å². The number of halogens is 1. The smallest absolute Gasteiger partial charge is 0.252 e. The van der Waals surface area contributed by atoms with E-state index in [-0.39, 0.29) is 5.91 Å². The van der Waals surface area contributed by atoms with E-state index in [1.54, 1.807) is 0 Å². The maximum atomic E-state index is 12.0.